The molecule has 0 saturated carbocycles. The third-order valence-electron chi connectivity index (χ3n) is 9.10. The van der Waals surface area contributed by atoms with Crippen LogP contribution >= 0.6 is 0 Å². The zero-order valence-corrected chi connectivity index (χ0v) is 31.3. The molecule has 2 N–H and O–H groups in total. The highest BCUT2D eigenvalue weighted by atomic mass is 16.6. The van der Waals surface area contributed by atoms with Gasteiger partial charge in [0.05, 0.1) is 12.3 Å². The molecule has 4 amide bonds. The molecular formula is C43H50N4O6. The van der Waals surface area contributed by atoms with Crippen molar-refractivity contribution in [1.29, 1.82) is 0 Å². The van der Waals surface area contributed by atoms with Gasteiger partial charge >= 0.3 is 6.09 Å². The zero-order valence-electron chi connectivity index (χ0n) is 31.3. The summed E-state index contributed by atoms with van der Waals surface area (Å²) in [5.41, 5.74) is 4.65. The quantitative estimate of drug-likeness (QED) is 0.143. The summed E-state index contributed by atoms with van der Waals surface area (Å²) in [6, 6.07) is 29.8. The topological polar surface area (TPSA) is 117 Å². The van der Waals surface area contributed by atoms with Crippen molar-refractivity contribution in [3.05, 3.63) is 114 Å². The summed E-state index contributed by atoms with van der Waals surface area (Å²) in [4.78, 5) is 55.0. The monoisotopic (exact) mass is 718 g/mol. The van der Waals surface area contributed by atoms with Crippen molar-refractivity contribution in [2.24, 2.45) is 5.92 Å². The van der Waals surface area contributed by atoms with Gasteiger partial charge < -0.3 is 29.9 Å². The molecule has 4 aromatic carbocycles. The molecule has 0 radical (unpaired) electrons. The van der Waals surface area contributed by atoms with Crippen molar-refractivity contribution in [2.75, 3.05) is 43.5 Å². The summed E-state index contributed by atoms with van der Waals surface area (Å²) in [5.74, 6) is 0.0256. The maximum atomic E-state index is 13.5. The lowest BCUT2D eigenvalue weighted by atomic mass is 9.96. The number of likely N-dealkylation sites (tertiary alicyclic amines) is 1. The number of carbonyl (C=O) groups is 4. The van der Waals surface area contributed by atoms with Crippen molar-refractivity contribution in [2.45, 2.75) is 59.0 Å². The molecule has 1 saturated heterocycles. The Bertz CT molecular complexity index is 1880. The smallest absolute Gasteiger partial charge is 0.410 e. The molecule has 0 atom stereocenters. The fraction of sp³-hybridized carbons (Fsp3) is 0.349. The highest BCUT2D eigenvalue weighted by molar-refractivity contribution is 6.09. The van der Waals surface area contributed by atoms with Crippen LogP contribution in [0.15, 0.2) is 97.1 Å². The maximum Gasteiger partial charge on any atom is 0.410 e. The number of hydrogen-bond donors (Lipinski definition) is 2. The van der Waals surface area contributed by atoms with E-state index in [9.17, 15) is 19.2 Å². The van der Waals surface area contributed by atoms with Gasteiger partial charge in [0.2, 0.25) is 5.91 Å². The largest absolute Gasteiger partial charge is 0.491 e. The lowest BCUT2D eigenvalue weighted by Crippen LogP contribution is -2.45. The Kier molecular flexibility index (Phi) is 12.9. The van der Waals surface area contributed by atoms with Gasteiger partial charge in [-0.2, -0.15) is 0 Å². The summed E-state index contributed by atoms with van der Waals surface area (Å²) in [7, 11) is 1.70. The van der Waals surface area contributed by atoms with E-state index in [0.29, 0.717) is 73.8 Å². The second kappa shape index (κ2) is 17.7. The fourth-order valence-corrected chi connectivity index (χ4v) is 6.14. The van der Waals surface area contributed by atoms with Crippen molar-refractivity contribution in [3.8, 4) is 16.9 Å². The van der Waals surface area contributed by atoms with Crippen LogP contribution in [0.25, 0.3) is 11.1 Å². The number of rotatable bonds is 12. The average molecular weight is 719 g/mol. The van der Waals surface area contributed by atoms with Gasteiger partial charge in [0, 0.05) is 49.4 Å². The molecule has 0 aromatic heterocycles. The number of benzene rings is 4. The molecule has 10 nitrogen and oxygen atoms in total. The number of aryl methyl sites for hydroxylation is 1. The van der Waals surface area contributed by atoms with Gasteiger partial charge in [-0.25, -0.2) is 4.79 Å². The molecule has 0 aliphatic carbocycles. The molecule has 0 bridgehead atoms. The van der Waals surface area contributed by atoms with Crippen molar-refractivity contribution >= 4 is 35.2 Å². The Morgan fingerprint density at radius 3 is 2.19 bits per heavy atom. The number of para-hydroxylation sites is 2. The Labute approximate surface area is 312 Å². The van der Waals surface area contributed by atoms with Crippen LogP contribution in [0, 0.1) is 12.8 Å². The number of anilines is 2. The summed E-state index contributed by atoms with van der Waals surface area (Å²) in [5, 5.41) is 5.99. The third-order valence-corrected chi connectivity index (χ3v) is 9.10. The Morgan fingerprint density at radius 1 is 0.830 bits per heavy atom. The van der Waals surface area contributed by atoms with Gasteiger partial charge in [-0.15, -0.1) is 0 Å². The number of unbranched alkanes of at least 4 members (excludes halogenated alkanes) is 1. The van der Waals surface area contributed by atoms with E-state index in [2.05, 4.69) is 10.6 Å². The Balaban J connectivity index is 1.07. The lowest BCUT2D eigenvalue weighted by Gasteiger charge is -2.32. The second-order valence-electron chi connectivity index (χ2n) is 14.4. The molecule has 1 aliphatic rings. The van der Waals surface area contributed by atoms with Gasteiger partial charge in [0.1, 0.15) is 11.4 Å². The predicted octanol–water partition coefficient (Wildman–Crippen LogP) is 8.11. The Morgan fingerprint density at radius 2 is 1.49 bits per heavy atom. The standard InChI is InChI=1S/C43H50N4O6/c1-30-16-18-31(19-17-30)35-12-6-7-13-36(35)40(49)45-34-22-20-33(21-23-34)41(50)46(5)37-14-8-9-15-38(37)52-29-11-10-26-44-39(48)32-24-27-47(28-25-32)42(51)53-43(2,3)4/h6-9,12-23,32H,10-11,24-29H2,1-5H3,(H,44,48)(H,45,49). The number of nitrogens with one attached hydrogen (secondary N) is 2. The molecule has 1 aliphatic heterocycles. The molecule has 4 aromatic rings. The van der Waals surface area contributed by atoms with E-state index in [0.717, 1.165) is 23.1 Å². The first-order chi connectivity index (χ1) is 25.4. The fourth-order valence-electron chi connectivity index (χ4n) is 6.14. The SMILES string of the molecule is Cc1ccc(-c2ccccc2C(=O)Nc2ccc(C(=O)N(C)c3ccccc3OCCCCNC(=O)C3CCN(C(=O)OC(C)(C)C)CC3)cc2)cc1. The molecule has 53 heavy (non-hydrogen) atoms. The van der Waals surface area contributed by atoms with Crippen LogP contribution in [0.5, 0.6) is 5.75 Å². The van der Waals surface area contributed by atoms with Crippen LogP contribution in [-0.2, 0) is 9.53 Å². The van der Waals surface area contributed by atoms with Crippen LogP contribution in [-0.4, -0.2) is 67.6 Å². The molecule has 0 spiro atoms. The normalized spacial score (nSPS) is 13.2. The number of ether oxygens (including phenoxy) is 2. The van der Waals surface area contributed by atoms with E-state index in [1.807, 2.05) is 94.4 Å². The van der Waals surface area contributed by atoms with E-state index < -0.39 is 5.60 Å². The van der Waals surface area contributed by atoms with Gasteiger partial charge in [0.15, 0.2) is 0 Å². The maximum absolute atomic E-state index is 13.5. The van der Waals surface area contributed by atoms with E-state index in [-0.39, 0.29) is 29.7 Å². The predicted molar refractivity (Wildman–Crippen MR) is 208 cm³/mol. The minimum absolute atomic E-state index is 0.0131. The number of amides is 4. The van der Waals surface area contributed by atoms with Crippen LogP contribution in [0.2, 0.25) is 0 Å². The third kappa shape index (κ3) is 10.7. The average Bonchev–Trinajstić information content (AvgIpc) is 3.15. The first kappa shape index (κ1) is 38.6. The number of carbonyl (C=O) groups excluding carboxylic acids is 4. The molecule has 1 heterocycles. The highest BCUT2D eigenvalue weighted by Gasteiger charge is 2.29. The summed E-state index contributed by atoms with van der Waals surface area (Å²) >= 11 is 0. The molecule has 5 rings (SSSR count). The molecule has 278 valence electrons. The van der Waals surface area contributed by atoms with E-state index in [1.54, 1.807) is 47.2 Å². The van der Waals surface area contributed by atoms with Crippen molar-refractivity contribution in [1.82, 2.24) is 10.2 Å². The van der Waals surface area contributed by atoms with Gasteiger partial charge in [0.25, 0.3) is 11.8 Å². The van der Waals surface area contributed by atoms with Crippen LogP contribution < -0.4 is 20.3 Å². The van der Waals surface area contributed by atoms with Gasteiger partial charge in [-0.05, 0) is 107 Å². The zero-order chi connectivity index (χ0) is 38.0. The minimum Gasteiger partial charge on any atom is -0.491 e. The summed E-state index contributed by atoms with van der Waals surface area (Å²) in [6.45, 7) is 9.52. The lowest BCUT2D eigenvalue weighted by molar-refractivity contribution is -0.126. The molecule has 1 fully saturated rings. The summed E-state index contributed by atoms with van der Waals surface area (Å²) in [6.07, 6.45) is 2.34. The van der Waals surface area contributed by atoms with Crippen molar-refractivity contribution < 1.29 is 28.7 Å². The number of nitrogens with zero attached hydrogens (tertiary/aromatic N) is 2. The first-order valence-electron chi connectivity index (χ1n) is 18.2. The van der Waals surface area contributed by atoms with E-state index >= 15 is 0 Å². The first-order valence-corrected chi connectivity index (χ1v) is 18.2. The molecule has 10 heteroatoms. The Hall–Kier alpha value is -5.64. The van der Waals surface area contributed by atoms with E-state index in [1.165, 1.54) is 0 Å². The molecular weight excluding hydrogens is 668 g/mol. The minimum atomic E-state index is -0.544. The van der Waals surface area contributed by atoms with E-state index in [4.69, 9.17) is 9.47 Å². The van der Waals surface area contributed by atoms with Crippen LogP contribution in [0.4, 0.5) is 16.2 Å². The number of piperidine rings is 1. The van der Waals surface area contributed by atoms with Crippen LogP contribution in [0.3, 0.4) is 0 Å². The number of hydrogen-bond acceptors (Lipinski definition) is 6. The summed E-state index contributed by atoms with van der Waals surface area (Å²) < 4.78 is 11.5. The van der Waals surface area contributed by atoms with Gasteiger partial charge in [-0.1, -0.05) is 60.2 Å². The van der Waals surface area contributed by atoms with Gasteiger partial charge in [-0.3, -0.25) is 14.4 Å². The van der Waals surface area contributed by atoms with Crippen molar-refractivity contribution in [3.63, 3.8) is 0 Å². The molecule has 0 unspecified atom stereocenters. The van der Waals surface area contributed by atoms with Crippen LogP contribution in [0.1, 0.15) is 72.7 Å². The highest BCUT2D eigenvalue weighted by Crippen LogP contribution is 2.29. The second-order valence-corrected chi connectivity index (χ2v) is 14.4.